The van der Waals surface area contributed by atoms with Gasteiger partial charge in [0, 0.05) is 23.3 Å². The molecule has 1 aromatic carbocycles. The standard InChI is InChI=1S/C30H43ClO2/c1-2-3-4-5-6-7-8-9-10-11-12-13-14-15-16-17-22-32-25-27-19-21-30-29(23-27)20-18-28(24-31)26-33-30/h6-7,9-10,18-21,23-24H,2-5,8,11-17,22,25-26H2,1H3/b7-6-,10-9-,28-24+. The van der Waals surface area contributed by atoms with E-state index in [0.717, 1.165) is 36.3 Å². The molecule has 0 aliphatic carbocycles. The van der Waals surface area contributed by atoms with Crippen molar-refractivity contribution in [1.29, 1.82) is 0 Å². The Morgan fingerprint density at radius 1 is 0.879 bits per heavy atom. The van der Waals surface area contributed by atoms with Crippen LogP contribution in [0.5, 0.6) is 5.75 Å². The molecular formula is C30H43ClO2. The van der Waals surface area contributed by atoms with Gasteiger partial charge in [0.2, 0.25) is 0 Å². The summed E-state index contributed by atoms with van der Waals surface area (Å²) < 4.78 is 11.7. The van der Waals surface area contributed by atoms with Crippen molar-refractivity contribution in [2.45, 2.75) is 90.6 Å². The second-order valence-electron chi connectivity index (χ2n) is 8.82. The van der Waals surface area contributed by atoms with Crippen molar-refractivity contribution in [3.63, 3.8) is 0 Å². The lowest BCUT2D eigenvalue weighted by Gasteiger charge is -2.09. The van der Waals surface area contributed by atoms with Gasteiger partial charge in [0.25, 0.3) is 0 Å². The maximum Gasteiger partial charge on any atom is 0.127 e. The number of ether oxygens (including phenoxy) is 2. The fourth-order valence-electron chi connectivity index (χ4n) is 3.81. The SMILES string of the molecule is CCCCC/C=C\C/C=C\CCCCCCCCOCc1ccc2c(c1)C=C/C(=C\Cl)CO2. The van der Waals surface area contributed by atoms with Gasteiger partial charge >= 0.3 is 0 Å². The van der Waals surface area contributed by atoms with Crippen LogP contribution < -0.4 is 4.74 Å². The average Bonchev–Trinajstić information content (AvgIpc) is 3.05. The fourth-order valence-corrected chi connectivity index (χ4v) is 3.94. The van der Waals surface area contributed by atoms with Crippen molar-refractivity contribution in [2.24, 2.45) is 0 Å². The molecule has 0 bridgehead atoms. The molecule has 1 heterocycles. The Balaban J connectivity index is 1.43. The van der Waals surface area contributed by atoms with Crippen molar-refractivity contribution >= 4 is 17.7 Å². The molecule has 1 aliphatic heterocycles. The molecule has 1 aliphatic rings. The first kappa shape index (κ1) is 27.5. The lowest BCUT2D eigenvalue weighted by molar-refractivity contribution is 0.116. The van der Waals surface area contributed by atoms with Crippen molar-refractivity contribution in [2.75, 3.05) is 13.2 Å². The van der Waals surface area contributed by atoms with Gasteiger partial charge in [-0.2, -0.15) is 0 Å². The van der Waals surface area contributed by atoms with Crippen LogP contribution in [0.2, 0.25) is 0 Å². The van der Waals surface area contributed by atoms with Crippen LogP contribution in [0.15, 0.2) is 59.7 Å². The summed E-state index contributed by atoms with van der Waals surface area (Å²) in [6.45, 7) is 4.25. The van der Waals surface area contributed by atoms with E-state index in [-0.39, 0.29) is 0 Å². The third-order valence-electron chi connectivity index (χ3n) is 5.84. The number of benzene rings is 1. The van der Waals surface area contributed by atoms with Crippen molar-refractivity contribution < 1.29 is 9.47 Å². The van der Waals surface area contributed by atoms with Crippen LogP contribution in [0.25, 0.3) is 6.08 Å². The van der Waals surface area contributed by atoms with Crippen LogP contribution >= 0.6 is 11.6 Å². The first-order chi connectivity index (χ1) is 16.3. The van der Waals surface area contributed by atoms with Gasteiger partial charge in [0.15, 0.2) is 0 Å². The molecule has 0 aromatic heterocycles. The lowest BCUT2D eigenvalue weighted by Crippen LogP contribution is -1.99. The molecule has 0 N–H and O–H groups in total. The topological polar surface area (TPSA) is 18.5 Å². The zero-order valence-corrected chi connectivity index (χ0v) is 21.3. The molecule has 182 valence electrons. The van der Waals surface area contributed by atoms with Crippen LogP contribution in [-0.2, 0) is 11.3 Å². The van der Waals surface area contributed by atoms with Gasteiger partial charge in [-0.3, -0.25) is 0 Å². The third-order valence-corrected chi connectivity index (χ3v) is 6.12. The lowest BCUT2D eigenvalue weighted by atomic mass is 10.1. The Bertz CT molecular complexity index is 761. The number of hydrogen-bond acceptors (Lipinski definition) is 2. The second kappa shape index (κ2) is 18.6. The summed E-state index contributed by atoms with van der Waals surface area (Å²) in [5, 5.41) is 0. The Hall–Kier alpha value is -1.77. The highest BCUT2D eigenvalue weighted by molar-refractivity contribution is 6.25. The van der Waals surface area contributed by atoms with E-state index in [1.165, 1.54) is 69.8 Å². The van der Waals surface area contributed by atoms with Gasteiger partial charge < -0.3 is 9.47 Å². The Morgan fingerprint density at radius 2 is 1.61 bits per heavy atom. The highest BCUT2D eigenvalue weighted by Gasteiger charge is 2.08. The summed E-state index contributed by atoms with van der Waals surface area (Å²) >= 11 is 5.80. The number of allylic oxidation sites excluding steroid dienone is 4. The van der Waals surface area contributed by atoms with Gasteiger partial charge in [-0.15, -0.1) is 0 Å². The summed E-state index contributed by atoms with van der Waals surface area (Å²) in [6, 6.07) is 6.25. The van der Waals surface area contributed by atoms with E-state index >= 15 is 0 Å². The highest BCUT2D eigenvalue weighted by atomic mass is 35.5. The van der Waals surface area contributed by atoms with Crippen LogP contribution in [0.4, 0.5) is 0 Å². The minimum Gasteiger partial charge on any atom is -0.488 e. The van der Waals surface area contributed by atoms with Crippen LogP contribution in [0.3, 0.4) is 0 Å². The molecule has 3 heteroatoms. The molecule has 0 spiro atoms. The van der Waals surface area contributed by atoms with Gasteiger partial charge in [0.05, 0.1) is 6.61 Å². The van der Waals surface area contributed by atoms with E-state index in [4.69, 9.17) is 21.1 Å². The molecule has 2 nitrogen and oxygen atoms in total. The van der Waals surface area contributed by atoms with Crippen molar-refractivity contribution in [3.05, 3.63) is 70.8 Å². The van der Waals surface area contributed by atoms with E-state index in [0.29, 0.717) is 13.2 Å². The van der Waals surface area contributed by atoms with Crippen molar-refractivity contribution in [3.8, 4) is 5.75 Å². The molecule has 2 rings (SSSR count). The summed E-state index contributed by atoms with van der Waals surface area (Å²) in [6.07, 6.45) is 28.6. The van der Waals surface area contributed by atoms with Crippen LogP contribution in [0, 0.1) is 0 Å². The monoisotopic (exact) mass is 470 g/mol. The fraction of sp³-hybridized carbons (Fsp3) is 0.533. The summed E-state index contributed by atoms with van der Waals surface area (Å²) in [7, 11) is 0. The molecule has 0 unspecified atom stereocenters. The van der Waals surface area contributed by atoms with E-state index < -0.39 is 0 Å². The number of unbranched alkanes of at least 4 members (excludes halogenated alkanes) is 9. The molecule has 0 saturated heterocycles. The summed E-state index contributed by atoms with van der Waals surface area (Å²) in [5.74, 6) is 0.897. The molecule has 33 heavy (non-hydrogen) atoms. The third kappa shape index (κ3) is 12.9. The van der Waals surface area contributed by atoms with E-state index in [2.05, 4.69) is 49.4 Å². The predicted molar refractivity (Wildman–Crippen MR) is 144 cm³/mol. The number of fused-ring (bicyclic) bond motifs is 1. The first-order valence-electron chi connectivity index (χ1n) is 12.9. The first-order valence-corrected chi connectivity index (χ1v) is 13.4. The van der Waals surface area contributed by atoms with Crippen LogP contribution in [-0.4, -0.2) is 13.2 Å². The zero-order chi connectivity index (χ0) is 23.4. The van der Waals surface area contributed by atoms with Gasteiger partial charge in [0.1, 0.15) is 12.4 Å². The normalized spacial score (nSPS) is 14.8. The predicted octanol–water partition coefficient (Wildman–Crippen LogP) is 9.54. The summed E-state index contributed by atoms with van der Waals surface area (Å²) in [5.41, 5.74) is 4.81. The smallest absolute Gasteiger partial charge is 0.127 e. The minimum absolute atomic E-state index is 0.510. The Morgan fingerprint density at radius 3 is 2.36 bits per heavy atom. The molecule has 0 saturated carbocycles. The molecule has 1 aromatic rings. The van der Waals surface area contributed by atoms with E-state index in [1.807, 2.05) is 12.1 Å². The van der Waals surface area contributed by atoms with Gasteiger partial charge in [-0.25, -0.2) is 0 Å². The molecule has 0 fully saturated rings. The largest absolute Gasteiger partial charge is 0.488 e. The maximum absolute atomic E-state index is 5.89. The molecular weight excluding hydrogens is 428 g/mol. The highest BCUT2D eigenvalue weighted by Crippen LogP contribution is 2.26. The van der Waals surface area contributed by atoms with E-state index in [1.54, 1.807) is 5.54 Å². The number of halogens is 1. The van der Waals surface area contributed by atoms with Crippen LogP contribution in [0.1, 0.15) is 95.1 Å². The van der Waals surface area contributed by atoms with E-state index in [9.17, 15) is 0 Å². The Labute approximate surface area is 207 Å². The van der Waals surface area contributed by atoms with Gasteiger partial charge in [-0.05, 0) is 56.2 Å². The summed E-state index contributed by atoms with van der Waals surface area (Å²) in [4.78, 5) is 0. The number of hydrogen-bond donors (Lipinski definition) is 0. The number of rotatable bonds is 17. The van der Waals surface area contributed by atoms with Crippen molar-refractivity contribution in [1.82, 2.24) is 0 Å². The average molecular weight is 471 g/mol. The zero-order valence-electron chi connectivity index (χ0n) is 20.6. The Kier molecular flexibility index (Phi) is 15.5. The molecule has 0 atom stereocenters. The quantitative estimate of drug-likeness (QED) is 0.166. The molecule has 0 amide bonds. The second-order valence-corrected chi connectivity index (χ2v) is 9.03. The minimum atomic E-state index is 0.510. The maximum atomic E-state index is 5.89. The van der Waals surface area contributed by atoms with Gasteiger partial charge in [-0.1, -0.05) is 99.6 Å². The molecule has 0 radical (unpaired) electrons.